The molecule has 1 atom stereocenters. The number of rotatable bonds is 9. The highest BCUT2D eigenvalue weighted by Crippen LogP contribution is 2.17. The van der Waals surface area contributed by atoms with Gasteiger partial charge in [0.15, 0.2) is 5.96 Å². The lowest BCUT2D eigenvalue weighted by Crippen LogP contribution is -2.47. The Hall–Kier alpha value is -0.850. The molecule has 6 nitrogen and oxygen atoms in total. The van der Waals surface area contributed by atoms with Gasteiger partial charge in [0.2, 0.25) is 0 Å². The van der Waals surface area contributed by atoms with Crippen molar-refractivity contribution in [1.82, 2.24) is 15.1 Å². The van der Waals surface area contributed by atoms with Crippen LogP contribution in [-0.4, -0.2) is 87.5 Å². The molecular weight excluding hydrogens is 328 g/mol. The maximum Gasteiger partial charge on any atom is 0.193 e. The van der Waals surface area contributed by atoms with Crippen molar-refractivity contribution in [3.63, 3.8) is 0 Å². The molecule has 0 bridgehead atoms. The fourth-order valence-electron chi connectivity index (χ4n) is 3.79. The van der Waals surface area contributed by atoms with E-state index >= 15 is 0 Å². The summed E-state index contributed by atoms with van der Waals surface area (Å²) in [5, 5.41) is 3.53. The maximum absolute atomic E-state index is 6.12. The smallest absolute Gasteiger partial charge is 0.193 e. The van der Waals surface area contributed by atoms with Gasteiger partial charge in [0.1, 0.15) is 0 Å². The molecule has 0 radical (unpaired) electrons. The van der Waals surface area contributed by atoms with Crippen molar-refractivity contribution in [2.24, 2.45) is 4.99 Å². The first-order valence-electron chi connectivity index (χ1n) is 10.7. The molecule has 0 aromatic rings. The molecule has 0 aromatic carbocycles. The van der Waals surface area contributed by atoms with Crippen molar-refractivity contribution >= 4 is 5.96 Å². The zero-order valence-electron chi connectivity index (χ0n) is 17.2. The SMILES string of the molecule is CCN(CC)CCCNC(=NC)N1CCC(OCC2CCCCO2)CC1. The standard InChI is InChI=1S/C20H40N4O2/c1-4-23(5-2)13-8-12-22-20(21-3)24-14-10-18(11-15-24)26-17-19-9-6-7-16-25-19/h18-19H,4-17H2,1-3H3,(H,21,22). The van der Waals surface area contributed by atoms with Gasteiger partial charge in [-0.25, -0.2) is 0 Å². The van der Waals surface area contributed by atoms with Crippen LogP contribution in [-0.2, 0) is 9.47 Å². The van der Waals surface area contributed by atoms with E-state index in [1.807, 2.05) is 7.05 Å². The van der Waals surface area contributed by atoms with Gasteiger partial charge in [-0.05, 0) is 58.2 Å². The summed E-state index contributed by atoms with van der Waals surface area (Å²) < 4.78 is 11.9. The van der Waals surface area contributed by atoms with E-state index < -0.39 is 0 Å². The van der Waals surface area contributed by atoms with Gasteiger partial charge in [-0.2, -0.15) is 0 Å². The molecule has 2 heterocycles. The third kappa shape index (κ3) is 7.41. The molecule has 26 heavy (non-hydrogen) atoms. The van der Waals surface area contributed by atoms with Gasteiger partial charge >= 0.3 is 0 Å². The van der Waals surface area contributed by atoms with Crippen molar-refractivity contribution in [3.05, 3.63) is 0 Å². The quantitative estimate of drug-likeness (QED) is 0.385. The van der Waals surface area contributed by atoms with Crippen molar-refractivity contribution < 1.29 is 9.47 Å². The summed E-state index contributed by atoms with van der Waals surface area (Å²) in [5.41, 5.74) is 0. The third-order valence-electron chi connectivity index (χ3n) is 5.57. The van der Waals surface area contributed by atoms with Crippen LogP contribution < -0.4 is 5.32 Å². The Balaban J connectivity index is 1.60. The number of likely N-dealkylation sites (tertiary alicyclic amines) is 1. The number of nitrogens with zero attached hydrogens (tertiary/aromatic N) is 3. The highest BCUT2D eigenvalue weighted by molar-refractivity contribution is 5.79. The Labute approximate surface area is 160 Å². The third-order valence-corrected chi connectivity index (χ3v) is 5.57. The van der Waals surface area contributed by atoms with E-state index in [9.17, 15) is 0 Å². The minimum Gasteiger partial charge on any atom is -0.376 e. The predicted molar refractivity (Wildman–Crippen MR) is 108 cm³/mol. The Bertz CT molecular complexity index is 387. The summed E-state index contributed by atoms with van der Waals surface area (Å²) in [6, 6.07) is 0. The summed E-state index contributed by atoms with van der Waals surface area (Å²) in [6.07, 6.45) is 7.64. The second kappa shape index (κ2) is 12.5. The van der Waals surface area contributed by atoms with E-state index in [4.69, 9.17) is 9.47 Å². The summed E-state index contributed by atoms with van der Waals surface area (Å²) in [4.78, 5) is 9.30. The lowest BCUT2D eigenvalue weighted by atomic mass is 10.1. The van der Waals surface area contributed by atoms with Crippen LogP contribution in [0, 0.1) is 0 Å². The Morgan fingerprint density at radius 2 is 1.96 bits per heavy atom. The first kappa shape index (κ1) is 21.5. The van der Waals surface area contributed by atoms with Crippen molar-refractivity contribution in [1.29, 1.82) is 0 Å². The molecule has 2 rings (SSSR count). The minimum atomic E-state index is 0.321. The fourth-order valence-corrected chi connectivity index (χ4v) is 3.79. The molecule has 152 valence electrons. The summed E-state index contributed by atoms with van der Waals surface area (Å²) in [7, 11) is 1.88. The molecule has 0 aliphatic carbocycles. The van der Waals surface area contributed by atoms with E-state index in [0.29, 0.717) is 12.2 Å². The summed E-state index contributed by atoms with van der Waals surface area (Å²) >= 11 is 0. The zero-order chi connectivity index (χ0) is 18.6. The molecule has 2 fully saturated rings. The average Bonchev–Trinajstić information content (AvgIpc) is 2.71. The van der Waals surface area contributed by atoms with E-state index in [0.717, 1.165) is 84.1 Å². The van der Waals surface area contributed by atoms with E-state index in [-0.39, 0.29) is 0 Å². The molecule has 2 aliphatic rings. The number of hydrogen-bond donors (Lipinski definition) is 1. The van der Waals surface area contributed by atoms with Crippen LogP contribution in [0.1, 0.15) is 52.4 Å². The van der Waals surface area contributed by atoms with Gasteiger partial charge in [-0.1, -0.05) is 13.8 Å². The van der Waals surface area contributed by atoms with Crippen LogP contribution in [0.15, 0.2) is 4.99 Å². The van der Waals surface area contributed by atoms with Crippen LogP contribution in [0.5, 0.6) is 0 Å². The molecule has 1 unspecified atom stereocenters. The van der Waals surface area contributed by atoms with Crippen molar-refractivity contribution in [3.8, 4) is 0 Å². The Kier molecular flexibility index (Phi) is 10.3. The van der Waals surface area contributed by atoms with Crippen molar-refractivity contribution in [2.45, 2.75) is 64.6 Å². The van der Waals surface area contributed by atoms with Crippen LogP contribution >= 0.6 is 0 Å². The van der Waals surface area contributed by atoms with E-state index in [2.05, 4.69) is 34.0 Å². The molecule has 1 N–H and O–H groups in total. The number of ether oxygens (including phenoxy) is 2. The van der Waals surface area contributed by atoms with Gasteiger partial charge in [-0.3, -0.25) is 4.99 Å². The van der Waals surface area contributed by atoms with Gasteiger partial charge in [0.05, 0.1) is 18.8 Å². The molecule has 0 amide bonds. The monoisotopic (exact) mass is 368 g/mol. The number of piperidine rings is 1. The Morgan fingerprint density at radius 3 is 2.58 bits per heavy atom. The molecule has 2 aliphatic heterocycles. The molecule has 0 saturated carbocycles. The maximum atomic E-state index is 6.12. The zero-order valence-corrected chi connectivity index (χ0v) is 17.2. The van der Waals surface area contributed by atoms with Gasteiger partial charge in [0, 0.05) is 33.3 Å². The molecule has 2 saturated heterocycles. The van der Waals surface area contributed by atoms with Gasteiger partial charge in [-0.15, -0.1) is 0 Å². The van der Waals surface area contributed by atoms with Crippen LogP contribution in [0.3, 0.4) is 0 Å². The first-order valence-corrected chi connectivity index (χ1v) is 10.7. The Morgan fingerprint density at radius 1 is 1.19 bits per heavy atom. The van der Waals surface area contributed by atoms with Crippen LogP contribution in [0.25, 0.3) is 0 Å². The lowest BCUT2D eigenvalue weighted by Gasteiger charge is -2.35. The predicted octanol–water partition coefficient (Wildman–Crippen LogP) is 2.34. The second-order valence-corrected chi connectivity index (χ2v) is 7.36. The highest BCUT2D eigenvalue weighted by Gasteiger charge is 2.23. The number of guanidine groups is 1. The topological polar surface area (TPSA) is 49.3 Å². The summed E-state index contributed by atoms with van der Waals surface area (Å²) in [5.74, 6) is 1.04. The number of hydrogen-bond acceptors (Lipinski definition) is 4. The number of nitrogens with one attached hydrogen (secondary N) is 1. The van der Waals surface area contributed by atoms with Gasteiger partial charge < -0.3 is 24.6 Å². The molecule has 0 aromatic heterocycles. The fraction of sp³-hybridized carbons (Fsp3) is 0.950. The first-order chi connectivity index (χ1) is 12.8. The molecule has 6 heteroatoms. The molecular formula is C20H40N4O2. The number of aliphatic imine (C=N–C) groups is 1. The van der Waals surface area contributed by atoms with Crippen LogP contribution in [0.4, 0.5) is 0 Å². The van der Waals surface area contributed by atoms with E-state index in [1.54, 1.807) is 0 Å². The normalized spacial score (nSPS) is 22.8. The van der Waals surface area contributed by atoms with E-state index in [1.165, 1.54) is 12.8 Å². The van der Waals surface area contributed by atoms with Crippen molar-refractivity contribution in [2.75, 3.05) is 59.5 Å². The lowest BCUT2D eigenvalue weighted by molar-refractivity contribution is -0.0721. The minimum absolute atomic E-state index is 0.321. The average molecular weight is 369 g/mol. The second-order valence-electron chi connectivity index (χ2n) is 7.36. The molecule has 0 spiro atoms. The van der Waals surface area contributed by atoms with Gasteiger partial charge in [0.25, 0.3) is 0 Å². The largest absolute Gasteiger partial charge is 0.376 e. The van der Waals surface area contributed by atoms with Crippen LogP contribution in [0.2, 0.25) is 0 Å². The summed E-state index contributed by atoms with van der Waals surface area (Å²) in [6.45, 7) is 12.6. The highest BCUT2D eigenvalue weighted by atomic mass is 16.5.